The summed E-state index contributed by atoms with van der Waals surface area (Å²) in [7, 11) is 0. The maximum atomic E-state index is 6.02. The number of hydrogen-bond acceptors (Lipinski definition) is 3. The number of aromatic nitrogens is 2. The van der Waals surface area contributed by atoms with Gasteiger partial charge >= 0.3 is 0 Å². The van der Waals surface area contributed by atoms with Crippen molar-refractivity contribution < 1.29 is 4.74 Å². The molecule has 96 valence electrons. The van der Waals surface area contributed by atoms with Gasteiger partial charge in [0.1, 0.15) is 16.4 Å². The van der Waals surface area contributed by atoms with Crippen LogP contribution in [0, 0.1) is 12.3 Å². The largest absolute Gasteiger partial charge is 0.370 e. The van der Waals surface area contributed by atoms with Gasteiger partial charge in [0.25, 0.3) is 0 Å². The van der Waals surface area contributed by atoms with E-state index >= 15 is 0 Å². The summed E-state index contributed by atoms with van der Waals surface area (Å²) >= 11 is 12.0. The average Bonchev–Trinajstić information content (AvgIpc) is 2.20. The highest BCUT2D eigenvalue weighted by molar-refractivity contribution is 6.34. The molecule has 5 heteroatoms. The van der Waals surface area contributed by atoms with Gasteiger partial charge in [-0.3, -0.25) is 0 Å². The number of rotatable bonds is 3. The summed E-state index contributed by atoms with van der Waals surface area (Å²) in [4.78, 5) is 8.53. The summed E-state index contributed by atoms with van der Waals surface area (Å²) in [5, 5.41) is 0.767. The Hall–Kier alpha value is -0.380. The summed E-state index contributed by atoms with van der Waals surface area (Å²) in [5.41, 5.74) is 0.582. The second-order valence-electron chi connectivity index (χ2n) is 4.99. The van der Waals surface area contributed by atoms with Crippen molar-refractivity contribution in [1.29, 1.82) is 0 Å². The van der Waals surface area contributed by atoms with Gasteiger partial charge in [-0.25, -0.2) is 9.97 Å². The van der Waals surface area contributed by atoms with Crippen LogP contribution in [0.1, 0.15) is 45.2 Å². The van der Waals surface area contributed by atoms with Crippen LogP contribution in [0.3, 0.4) is 0 Å². The van der Waals surface area contributed by atoms with Crippen molar-refractivity contribution in [1.82, 2.24) is 9.97 Å². The molecule has 0 bridgehead atoms. The minimum absolute atomic E-state index is 0.113. The smallest absolute Gasteiger partial charge is 0.161 e. The first-order valence-electron chi connectivity index (χ1n) is 5.58. The third-order valence-electron chi connectivity index (χ3n) is 2.40. The minimum atomic E-state index is -0.219. The van der Waals surface area contributed by atoms with Crippen molar-refractivity contribution in [2.75, 3.05) is 6.61 Å². The van der Waals surface area contributed by atoms with Gasteiger partial charge in [0, 0.05) is 12.2 Å². The fourth-order valence-corrected chi connectivity index (χ4v) is 1.88. The van der Waals surface area contributed by atoms with Crippen LogP contribution in [0.25, 0.3) is 0 Å². The molecule has 0 aromatic carbocycles. The molecular formula is C12H18Cl2N2O. The van der Waals surface area contributed by atoms with E-state index in [0.29, 0.717) is 28.3 Å². The third kappa shape index (κ3) is 3.54. The molecule has 0 fully saturated rings. The molecule has 0 radical (unpaired) electrons. The first-order valence-corrected chi connectivity index (χ1v) is 6.34. The lowest BCUT2D eigenvalue weighted by Crippen LogP contribution is -2.24. The zero-order chi connectivity index (χ0) is 13.2. The van der Waals surface area contributed by atoms with Gasteiger partial charge in [-0.2, -0.15) is 0 Å². The third-order valence-corrected chi connectivity index (χ3v) is 3.13. The molecule has 0 amide bonds. The summed E-state index contributed by atoms with van der Waals surface area (Å²) in [5.74, 6) is 0.542. The first-order chi connectivity index (χ1) is 7.77. The quantitative estimate of drug-likeness (QED) is 0.776. The lowest BCUT2D eigenvalue weighted by Gasteiger charge is -2.29. The van der Waals surface area contributed by atoms with E-state index in [1.165, 1.54) is 0 Å². The van der Waals surface area contributed by atoms with Crippen LogP contribution in [-0.4, -0.2) is 16.6 Å². The molecule has 0 aliphatic carbocycles. The van der Waals surface area contributed by atoms with E-state index in [4.69, 9.17) is 27.9 Å². The molecule has 1 heterocycles. The Labute approximate surface area is 113 Å². The lowest BCUT2D eigenvalue weighted by molar-refractivity contribution is -0.0191. The predicted octanol–water partition coefficient (Wildman–Crippen LogP) is 4.22. The van der Waals surface area contributed by atoms with Crippen molar-refractivity contribution in [2.24, 2.45) is 5.41 Å². The lowest BCUT2D eigenvalue weighted by atomic mass is 9.88. The highest BCUT2D eigenvalue weighted by Crippen LogP contribution is 2.35. The molecule has 0 aliphatic rings. The average molecular weight is 277 g/mol. The number of halogens is 2. The fourth-order valence-electron chi connectivity index (χ4n) is 1.47. The van der Waals surface area contributed by atoms with E-state index in [9.17, 15) is 0 Å². The number of hydrogen-bond donors (Lipinski definition) is 0. The molecule has 17 heavy (non-hydrogen) atoms. The van der Waals surface area contributed by atoms with Gasteiger partial charge < -0.3 is 4.74 Å². The second kappa shape index (κ2) is 5.51. The van der Waals surface area contributed by atoms with Gasteiger partial charge in [-0.15, -0.1) is 0 Å². The van der Waals surface area contributed by atoms with Crippen LogP contribution in [0.2, 0.25) is 10.3 Å². The Kier molecular flexibility index (Phi) is 4.76. The van der Waals surface area contributed by atoms with E-state index in [-0.39, 0.29) is 11.5 Å². The molecular weight excluding hydrogens is 259 g/mol. The van der Waals surface area contributed by atoms with E-state index in [1.54, 1.807) is 6.92 Å². The summed E-state index contributed by atoms with van der Waals surface area (Å²) in [6.07, 6.45) is -0.219. The van der Waals surface area contributed by atoms with Gasteiger partial charge in [-0.05, 0) is 19.3 Å². The van der Waals surface area contributed by atoms with Crippen molar-refractivity contribution in [3.05, 3.63) is 21.7 Å². The van der Waals surface area contributed by atoms with Crippen LogP contribution in [-0.2, 0) is 4.74 Å². The van der Waals surface area contributed by atoms with Crippen LogP contribution < -0.4 is 0 Å². The zero-order valence-electron chi connectivity index (χ0n) is 10.8. The van der Waals surface area contributed by atoms with Crippen LogP contribution in [0.15, 0.2) is 0 Å². The highest BCUT2D eigenvalue weighted by atomic mass is 35.5. The fraction of sp³-hybridized carbons (Fsp3) is 0.667. The second-order valence-corrected chi connectivity index (χ2v) is 5.71. The first kappa shape index (κ1) is 14.7. The minimum Gasteiger partial charge on any atom is -0.370 e. The Balaban J connectivity index is 3.20. The zero-order valence-corrected chi connectivity index (χ0v) is 12.4. The summed E-state index contributed by atoms with van der Waals surface area (Å²) in [6.45, 7) is 10.5. The monoisotopic (exact) mass is 276 g/mol. The molecule has 3 nitrogen and oxygen atoms in total. The van der Waals surface area contributed by atoms with E-state index in [1.807, 2.05) is 6.92 Å². The van der Waals surface area contributed by atoms with Gasteiger partial charge in [0.15, 0.2) is 5.82 Å². The number of nitrogens with zero attached hydrogens (tertiary/aromatic N) is 2. The maximum absolute atomic E-state index is 6.02. The van der Waals surface area contributed by atoms with E-state index in [0.717, 1.165) is 0 Å². The molecule has 1 rings (SSSR count). The molecule has 0 saturated carbocycles. The van der Waals surface area contributed by atoms with E-state index in [2.05, 4.69) is 30.7 Å². The SMILES string of the molecule is CCOC(c1nc(Cl)c(C)c(Cl)n1)C(C)(C)C. The van der Waals surface area contributed by atoms with E-state index < -0.39 is 0 Å². The molecule has 0 spiro atoms. The van der Waals surface area contributed by atoms with Crippen molar-refractivity contribution >= 4 is 23.2 Å². The Morgan fingerprint density at radius 3 is 2.00 bits per heavy atom. The van der Waals surface area contributed by atoms with Gasteiger partial charge in [0.2, 0.25) is 0 Å². The molecule has 1 aromatic heterocycles. The highest BCUT2D eigenvalue weighted by Gasteiger charge is 2.30. The van der Waals surface area contributed by atoms with Gasteiger partial charge in [-0.1, -0.05) is 44.0 Å². The van der Waals surface area contributed by atoms with Crippen molar-refractivity contribution in [3.63, 3.8) is 0 Å². The van der Waals surface area contributed by atoms with Crippen molar-refractivity contribution in [3.8, 4) is 0 Å². The maximum Gasteiger partial charge on any atom is 0.161 e. The summed E-state index contributed by atoms with van der Waals surface area (Å²) < 4.78 is 5.70. The Morgan fingerprint density at radius 1 is 1.18 bits per heavy atom. The Morgan fingerprint density at radius 2 is 1.65 bits per heavy atom. The molecule has 1 unspecified atom stereocenters. The van der Waals surface area contributed by atoms with Gasteiger partial charge in [0.05, 0.1) is 0 Å². The Bertz CT molecular complexity index is 379. The topological polar surface area (TPSA) is 35.0 Å². The van der Waals surface area contributed by atoms with Crippen LogP contribution >= 0.6 is 23.2 Å². The van der Waals surface area contributed by atoms with Crippen molar-refractivity contribution in [2.45, 2.75) is 40.7 Å². The molecule has 1 atom stereocenters. The predicted molar refractivity (Wildman–Crippen MR) is 70.6 cm³/mol. The van der Waals surface area contributed by atoms with Crippen LogP contribution in [0.4, 0.5) is 0 Å². The summed E-state index contributed by atoms with van der Waals surface area (Å²) in [6, 6.07) is 0. The number of ether oxygens (including phenoxy) is 1. The standard InChI is InChI=1S/C12H18Cl2N2O/c1-6-17-8(12(3,4)5)11-15-9(13)7(2)10(14)16-11/h8H,6H2,1-5H3. The molecule has 1 aromatic rings. The molecule has 0 saturated heterocycles. The normalized spacial score (nSPS) is 13.8. The molecule has 0 aliphatic heterocycles. The molecule has 0 N–H and O–H groups in total. The van der Waals surface area contributed by atoms with Crippen LogP contribution in [0.5, 0.6) is 0 Å².